The number of nitrogens with two attached hydrogens (primary N) is 1. The van der Waals surface area contributed by atoms with Gasteiger partial charge in [0.15, 0.2) is 11.3 Å². The van der Waals surface area contributed by atoms with Crippen LogP contribution in [0.1, 0.15) is 40.3 Å². The summed E-state index contributed by atoms with van der Waals surface area (Å²) in [4.78, 5) is 40.0. The Bertz CT molecular complexity index is 1060. The van der Waals surface area contributed by atoms with E-state index in [0.29, 0.717) is 0 Å². The summed E-state index contributed by atoms with van der Waals surface area (Å²) in [6.07, 6.45) is -1.89. The first kappa shape index (κ1) is 27.8. The van der Waals surface area contributed by atoms with Crippen molar-refractivity contribution in [1.29, 1.82) is 0 Å². The fourth-order valence-corrected chi connectivity index (χ4v) is 6.08. The summed E-state index contributed by atoms with van der Waals surface area (Å²) in [7, 11) is -4.10. The third-order valence-corrected chi connectivity index (χ3v) is 8.11. The van der Waals surface area contributed by atoms with Gasteiger partial charge in [0.25, 0.3) is 0 Å². The highest BCUT2D eigenvalue weighted by atomic mass is 32.2. The number of nitrogen functional groups attached to an aromatic ring is 1. The Hall–Kier alpha value is -1.80. The minimum absolute atomic E-state index is 0.0134. The molecule has 1 aromatic rings. The largest absolute Gasteiger partial charge is 0.475 e. The van der Waals surface area contributed by atoms with Gasteiger partial charge in [0.05, 0.1) is 26.2 Å². The number of hydrogen-bond donors (Lipinski definition) is 2. The number of hydrogen-bond acceptors (Lipinski definition) is 13. The summed E-state index contributed by atoms with van der Waals surface area (Å²) in [5.74, 6) is -0.330. The van der Waals surface area contributed by atoms with Crippen molar-refractivity contribution in [2.45, 2.75) is 58.2 Å². The van der Waals surface area contributed by atoms with Gasteiger partial charge in [0.1, 0.15) is 23.6 Å². The molecule has 5 atom stereocenters. The first-order chi connectivity index (χ1) is 16.3. The van der Waals surface area contributed by atoms with Crippen molar-refractivity contribution in [3.05, 3.63) is 22.7 Å². The molecule has 1 unspecified atom stereocenters. The highest BCUT2D eigenvalue weighted by Crippen LogP contribution is 2.58. The molecule has 2 aliphatic rings. The number of thioether (sulfide) groups is 1. The lowest BCUT2D eigenvalue weighted by molar-refractivity contribution is -0.147. The van der Waals surface area contributed by atoms with Crippen molar-refractivity contribution < 1.29 is 42.3 Å². The van der Waals surface area contributed by atoms with Crippen molar-refractivity contribution >= 4 is 36.5 Å². The zero-order valence-electron chi connectivity index (χ0n) is 19.9. The minimum Gasteiger partial charge on any atom is -0.466 e. The third kappa shape index (κ3) is 6.31. The quantitative estimate of drug-likeness (QED) is 0.262. The van der Waals surface area contributed by atoms with Crippen LogP contribution in [0.25, 0.3) is 0 Å². The number of carbonyl (C=O) groups excluding carboxylic acids is 2. The van der Waals surface area contributed by atoms with E-state index in [1.54, 1.807) is 20.8 Å². The van der Waals surface area contributed by atoms with E-state index in [9.17, 15) is 24.1 Å². The molecule has 0 bridgehead atoms. The van der Waals surface area contributed by atoms with Gasteiger partial charge in [-0.05, 0) is 19.9 Å². The van der Waals surface area contributed by atoms with Crippen LogP contribution in [0.2, 0.25) is 0 Å². The van der Waals surface area contributed by atoms with Gasteiger partial charge in [-0.3, -0.25) is 27.7 Å². The molecule has 2 saturated heterocycles. The van der Waals surface area contributed by atoms with Crippen LogP contribution in [0.15, 0.2) is 17.1 Å². The lowest BCUT2D eigenvalue weighted by Gasteiger charge is -2.35. The number of aromatic nitrogens is 2. The number of carbonyl (C=O) groups is 2. The number of phosphoric ester groups is 1. The zero-order valence-corrected chi connectivity index (χ0v) is 21.6. The Morgan fingerprint density at radius 3 is 2.83 bits per heavy atom. The lowest BCUT2D eigenvalue weighted by atomic mass is 9.91. The van der Waals surface area contributed by atoms with E-state index >= 15 is 0 Å². The van der Waals surface area contributed by atoms with Gasteiger partial charge in [0.2, 0.25) is 0 Å². The summed E-state index contributed by atoms with van der Waals surface area (Å²) in [6, 6.07) is 1.38. The fraction of sp³-hybridized carbons (Fsp3) is 0.700. The van der Waals surface area contributed by atoms with Crippen molar-refractivity contribution in [2.24, 2.45) is 5.41 Å². The molecule has 1 aromatic heterocycles. The van der Waals surface area contributed by atoms with Crippen LogP contribution < -0.4 is 11.4 Å². The van der Waals surface area contributed by atoms with Gasteiger partial charge in [0, 0.05) is 17.4 Å². The second-order valence-electron chi connectivity index (χ2n) is 8.90. The van der Waals surface area contributed by atoms with Crippen LogP contribution in [0.4, 0.5) is 5.82 Å². The maximum absolute atomic E-state index is 13.0. The summed E-state index contributed by atoms with van der Waals surface area (Å²) in [5.41, 5.74) is 2.05. The molecule has 15 heteroatoms. The number of aliphatic hydroxyl groups is 1. The molecule has 3 N–H and O–H groups in total. The predicted octanol–water partition coefficient (Wildman–Crippen LogP) is 1.25. The van der Waals surface area contributed by atoms with E-state index in [-0.39, 0.29) is 42.9 Å². The molecule has 35 heavy (non-hydrogen) atoms. The topological polar surface area (TPSA) is 178 Å². The average Bonchev–Trinajstić information content (AvgIpc) is 3.01. The maximum atomic E-state index is 13.0. The monoisotopic (exact) mass is 535 g/mol. The summed E-state index contributed by atoms with van der Waals surface area (Å²) >= 11 is 0.917. The number of ether oxygens (including phenoxy) is 2. The van der Waals surface area contributed by atoms with Crippen molar-refractivity contribution in [2.75, 3.05) is 31.3 Å². The van der Waals surface area contributed by atoms with Crippen LogP contribution in [0, 0.1) is 5.41 Å². The molecule has 13 nitrogen and oxygen atoms in total. The van der Waals surface area contributed by atoms with Crippen LogP contribution >= 0.6 is 19.6 Å². The highest BCUT2D eigenvalue weighted by Gasteiger charge is 2.60. The summed E-state index contributed by atoms with van der Waals surface area (Å²) in [6.45, 7) is 6.18. The molecule has 0 saturated carbocycles. The number of nitrogens with zero attached hydrogens (tertiary/aromatic N) is 2. The van der Waals surface area contributed by atoms with Gasteiger partial charge in [-0.1, -0.05) is 25.6 Å². The number of esters is 1. The molecular weight excluding hydrogens is 505 g/mol. The molecule has 0 spiro atoms. The zero-order chi connectivity index (χ0) is 26.0. The molecule has 0 aliphatic carbocycles. The maximum Gasteiger partial charge on any atom is 0.475 e. The highest BCUT2D eigenvalue weighted by molar-refractivity contribution is 8.13. The smallest absolute Gasteiger partial charge is 0.466 e. The van der Waals surface area contributed by atoms with Crippen molar-refractivity contribution in [3.63, 3.8) is 0 Å². The van der Waals surface area contributed by atoms with E-state index < -0.39 is 48.9 Å². The van der Waals surface area contributed by atoms with Crippen LogP contribution in [-0.4, -0.2) is 69.1 Å². The molecule has 3 rings (SSSR count). The Morgan fingerprint density at radius 2 is 2.17 bits per heavy atom. The molecule has 2 aliphatic heterocycles. The van der Waals surface area contributed by atoms with Crippen LogP contribution in [0.5, 0.6) is 0 Å². The molecule has 0 aromatic carbocycles. The normalized spacial score (nSPS) is 30.6. The Kier molecular flexibility index (Phi) is 8.47. The molecule has 0 radical (unpaired) electrons. The second-order valence-corrected chi connectivity index (χ2v) is 11.6. The van der Waals surface area contributed by atoms with Crippen molar-refractivity contribution in [3.8, 4) is 0 Å². The first-order valence-corrected chi connectivity index (χ1v) is 13.4. The van der Waals surface area contributed by atoms with E-state index in [0.717, 1.165) is 16.3 Å². The fourth-order valence-electron chi connectivity index (χ4n) is 3.67. The van der Waals surface area contributed by atoms with Gasteiger partial charge >= 0.3 is 19.5 Å². The van der Waals surface area contributed by atoms with Gasteiger partial charge < -0.3 is 20.3 Å². The van der Waals surface area contributed by atoms with E-state index in [4.69, 9.17) is 28.8 Å². The predicted molar refractivity (Wildman–Crippen MR) is 124 cm³/mol. The Labute approximate surface area is 206 Å². The molecule has 0 amide bonds. The van der Waals surface area contributed by atoms with Crippen LogP contribution in [-0.2, 0) is 37.2 Å². The van der Waals surface area contributed by atoms with Gasteiger partial charge in [-0.25, -0.2) is 9.36 Å². The Balaban J connectivity index is 1.56. The molecule has 3 heterocycles. The standard InChI is InChI=1S/C20H30N3O10PS/c1-5-29-14(24)10-19(2,3)17(25)35-9-8-30-34(28)31-11-12-15(33-34)20(4,27)16(32-12)23-7-6-13(21)22-18(23)26/h6-7,12,15-16,27H,5,8-11H2,1-4H3,(H2,21,22,26)/t12-,15-,16-,20-,34?/m1/s1. The Morgan fingerprint density at radius 1 is 1.46 bits per heavy atom. The summed E-state index contributed by atoms with van der Waals surface area (Å²) in [5, 5.41) is 10.8. The number of rotatable bonds is 9. The minimum atomic E-state index is -4.10. The van der Waals surface area contributed by atoms with E-state index in [2.05, 4.69) is 4.98 Å². The van der Waals surface area contributed by atoms with E-state index in [1.165, 1.54) is 19.2 Å². The number of anilines is 1. The van der Waals surface area contributed by atoms with Gasteiger partial charge in [-0.2, -0.15) is 4.98 Å². The number of phosphoric acid groups is 1. The second kappa shape index (κ2) is 10.7. The van der Waals surface area contributed by atoms with Crippen LogP contribution in [0.3, 0.4) is 0 Å². The average molecular weight is 536 g/mol. The SMILES string of the molecule is CCOC(=O)CC(C)(C)C(=O)SCCOP1(=O)OC[C@H]2O[C@@H](n3ccc(N)nc3=O)[C@](C)(O)[C@@H]2O1. The molecular formula is C20H30N3O10PS. The summed E-state index contributed by atoms with van der Waals surface area (Å²) < 4.78 is 40.8. The first-order valence-electron chi connectivity index (χ1n) is 10.9. The van der Waals surface area contributed by atoms with Gasteiger partial charge in [-0.15, -0.1) is 0 Å². The molecule has 2 fully saturated rings. The van der Waals surface area contributed by atoms with E-state index in [1.807, 2.05) is 0 Å². The van der Waals surface area contributed by atoms with Crippen molar-refractivity contribution in [1.82, 2.24) is 9.55 Å². The molecule has 196 valence electrons. The lowest BCUT2D eigenvalue weighted by Crippen LogP contribution is -2.49. The third-order valence-electron chi connectivity index (χ3n) is 5.47. The number of fused-ring (bicyclic) bond motifs is 1.